The monoisotopic (exact) mass is 311 g/mol. The van der Waals surface area contributed by atoms with Crippen LogP contribution < -0.4 is 10.0 Å². The molecular weight excluding hydrogens is 294 g/mol. The zero-order chi connectivity index (χ0) is 14.6. The van der Waals surface area contributed by atoms with Gasteiger partial charge >= 0.3 is 0 Å². The van der Waals surface area contributed by atoms with Crippen molar-refractivity contribution < 1.29 is 8.42 Å². The van der Waals surface area contributed by atoms with Crippen LogP contribution in [-0.4, -0.2) is 20.4 Å². The van der Waals surface area contributed by atoms with Gasteiger partial charge < -0.3 is 5.32 Å². The van der Waals surface area contributed by atoms with Crippen molar-refractivity contribution in [3.8, 4) is 0 Å². The standard InChI is InChI=1S/C13H17N3O2S2/c1-10-7-15-5-3-11(10)8-16-20(17,18)13-4-6-19-12(13)9-14-2/h3-7,14,16H,8-9H2,1-2H3. The molecule has 7 heteroatoms. The van der Waals surface area contributed by atoms with E-state index in [2.05, 4.69) is 15.0 Å². The summed E-state index contributed by atoms with van der Waals surface area (Å²) in [6.07, 6.45) is 3.38. The van der Waals surface area contributed by atoms with Crippen molar-refractivity contribution in [1.29, 1.82) is 0 Å². The van der Waals surface area contributed by atoms with Crippen molar-refractivity contribution in [3.05, 3.63) is 45.9 Å². The molecule has 0 radical (unpaired) electrons. The zero-order valence-corrected chi connectivity index (χ0v) is 13.0. The second-order valence-electron chi connectivity index (χ2n) is 4.37. The third kappa shape index (κ3) is 3.43. The molecule has 0 atom stereocenters. The van der Waals surface area contributed by atoms with Crippen LogP contribution in [0.3, 0.4) is 0 Å². The third-order valence-corrected chi connectivity index (χ3v) is 5.46. The SMILES string of the molecule is CNCc1sccc1S(=O)(=O)NCc1ccncc1C. The lowest BCUT2D eigenvalue weighted by Crippen LogP contribution is -2.24. The smallest absolute Gasteiger partial charge is 0.242 e. The van der Waals surface area contributed by atoms with Gasteiger partial charge in [-0.2, -0.15) is 0 Å². The van der Waals surface area contributed by atoms with E-state index in [0.717, 1.165) is 16.0 Å². The maximum Gasteiger partial charge on any atom is 0.242 e. The van der Waals surface area contributed by atoms with E-state index in [1.165, 1.54) is 11.3 Å². The Hall–Kier alpha value is -1.28. The fraction of sp³-hybridized carbons (Fsp3) is 0.308. The Morgan fingerprint density at radius 3 is 2.80 bits per heavy atom. The van der Waals surface area contributed by atoms with Crippen LogP contribution in [-0.2, 0) is 23.1 Å². The number of thiophene rings is 1. The highest BCUT2D eigenvalue weighted by Gasteiger charge is 2.19. The van der Waals surface area contributed by atoms with E-state index in [4.69, 9.17) is 0 Å². The van der Waals surface area contributed by atoms with Crippen LogP contribution >= 0.6 is 11.3 Å². The van der Waals surface area contributed by atoms with Crippen LogP contribution in [0.5, 0.6) is 0 Å². The predicted octanol–water partition coefficient (Wildman–Crippen LogP) is 1.65. The average Bonchev–Trinajstić information content (AvgIpc) is 2.87. The molecule has 0 unspecified atom stereocenters. The first-order valence-electron chi connectivity index (χ1n) is 6.14. The molecule has 0 aliphatic carbocycles. The van der Waals surface area contributed by atoms with Crippen LogP contribution in [0.2, 0.25) is 0 Å². The number of nitrogens with zero attached hydrogens (tertiary/aromatic N) is 1. The highest BCUT2D eigenvalue weighted by atomic mass is 32.2. The summed E-state index contributed by atoms with van der Waals surface area (Å²) in [5.74, 6) is 0. The Kier molecular flexibility index (Phi) is 4.87. The number of pyridine rings is 1. The first-order chi connectivity index (χ1) is 9.54. The molecule has 2 rings (SSSR count). The molecule has 0 saturated heterocycles. The number of aryl methyl sites for hydroxylation is 1. The zero-order valence-electron chi connectivity index (χ0n) is 11.4. The van der Waals surface area contributed by atoms with E-state index in [0.29, 0.717) is 11.4 Å². The van der Waals surface area contributed by atoms with Gasteiger partial charge in [-0.3, -0.25) is 4.98 Å². The lowest BCUT2D eigenvalue weighted by molar-refractivity contribution is 0.580. The van der Waals surface area contributed by atoms with Gasteiger partial charge in [0.05, 0.1) is 4.90 Å². The first-order valence-corrected chi connectivity index (χ1v) is 8.51. The molecule has 0 amide bonds. The van der Waals surface area contributed by atoms with E-state index in [1.807, 2.05) is 13.0 Å². The Balaban J connectivity index is 2.15. The van der Waals surface area contributed by atoms with Crippen LogP contribution in [0.25, 0.3) is 0 Å². The summed E-state index contributed by atoms with van der Waals surface area (Å²) >= 11 is 1.43. The molecular formula is C13H17N3O2S2. The summed E-state index contributed by atoms with van der Waals surface area (Å²) in [7, 11) is -1.69. The average molecular weight is 311 g/mol. The van der Waals surface area contributed by atoms with Crippen molar-refractivity contribution in [2.75, 3.05) is 7.05 Å². The number of sulfonamides is 1. The molecule has 0 aliphatic rings. The minimum atomic E-state index is -3.48. The molecule has 5 nitrogen and oxygen atoms in total. The maximum absolute atomic E-state index is 12.3. The quantitative estimate of drug-likeness (QED) is 0.851. The van der Waals surface area contributed by atoms with E-state index in [-0.39, 0.29) is 6.54 Å². The van der Waals surface area contributed by atoms with Crippen molar-refractivity contribution in [2.45, 2.75) is 24.9 Å². The molecule has 2 aromatic heterocycles. The number of nitrogens with one attached hydrogen (secondary N) is 2. The molecule has 20 heavy (non-hydrogen) atoms. The number of hydrogen-bond donors (Lipinski definition) is 2. The van der Waals surface area contributed by atoms with Crippen LogP contribution in [0.1, 0.15) is 16.0 Å². The van der Waals surface area contributed by atoms with Gasteiger partial charge in [0, 0.05) is 30.4 Å². The van der Waals surface area contributed by atoms with Gasteiger partial charge in [-0.1, -0.05) is 0 Å². The Labute approximate surface area is 123 Å². The summed E-state index contributed by atoms with van der Waals surface area (Å²) in [5, 5.41) is 4.77. The van der Waals surface area contributed by atoms with E-state index in [9.17, 15) is 8.42 Å². The summed E-state index contributed by atoms with van der Waals surface area (Å²) in [6.45, 7) is 2.72. The topological polar surface area (TPSA) is 71.1 Å². The molecule has 0 saturated carbocycles. The van der Waals surface area contributed by atoms with Gasteiger partial charge in [-0.25, -0.2) is 13.1 Å². The van der Waals surface area contributed by atoms with Gasteiger partial charge in [0.1, 0.15) is 0 Å². The van der Waals surface area contributed by atoms with Crippen molar-refractivity contribution >= 4 is 21.4 Å². The van der Waals surface area contributed by atoms with Gasteiger partial charge in [0.2, 0.25) is 10.0 Å². The van der Waals surface area contributed by atoms with Gasteiger partial charge in [-0.05, 0) is 42.6 Å². The molecule has 2 heterocycles. The van der Waals surface area contributed by atoms with E-state index in [1.54, 1.807) is 30.9 Å². The van der Waals surface area contributed by atoms with Crippen molar-refractivity contribution in [2.24, 2.45) is 0 Å². The number of aromatic nitrogens is 1. The molecule has 0 fully saturated rings. The number of rotatable bonds is 6. The van der Waals surface area contributed by atoms with E-state index < -0.39 is 10.0 Å². The third-order valence-electron chi connectivity index (χ3n) is 2.92. The molecule has 108 valence electrons. The van der Waals surface area contributed by atoms with Gasteiger partial charge in [0.25, 0.3) is 0 Å². The highest BCUT2D eigenvalue weighted by Crippen LogP contribution is 2.22. The Morgan fingerprint density at radius 2 is 2.10 bits per heavy atom. The van der Waals surface area contributed by atoms with E-state index >= 15 is 0 Å². The summed E-state index contributed by atoms with van der Waals surface area (Å²) < 4.78 is 27.3. The van der Waals surface area contributed by atoms with Gasteiger partial charge in [-0.15, -0.1) is 11.3 Å². The van der Waals surface area contributed by atoms with Crippen molar-refractivity contribution in [1.82, 2.24) is 15.0 Å². The summed E-state index contributed by atoms with van der Waals surface area (Å²) in [4.78, 5) is 5.16. The Bertz CT molecular complexity index is 680. The lowest BCUT2D eigenvalue weighted by atomic mass is 10.2. The van der Waals surface area contributed by atoms with Crippen LogP contribution in [0, 0.1) is 6.92 Å². The maximum atomic E-state index is 12.3. The number of hydrogen-bond acceptors (Lipinski definition) is 5. The molecule has 0 aromatic carbocycles. The lowest BCUT2D eigenvalue weighted by Gasteiger charge is -2.09. The normalized spacial score (nSPS) is 11.7. The van der Waals surface area contributed by atoms with Gasteiger partial charge in [0.15, 0.2) is 0 Å². The van der Waals surface area contributed by atoms with Crippen LogP contribution in [0.15, 0.2) is 34.8 Å². The second kappa shape index (κ2) is 6.45. The minimum absolute atomic E-state index is 0.269. The largest absolute Gasteiger partial charge is 0.315 e. The minimum Gasteiger partial charge on any atom is -0.315 e. The highest BCUT2D eigenvalue weighted by molar-refractivity contribution is 7.89. The molecule has 0 bridgehead atoms. The second-order valence-corrected chi connectivity index (χ2v) is 7.10. The molecule has 2 aromatic rings. The van der Waals surface area contributed by atoms with Crippen LogP contribution in [0.4, 0.5) is 0 Å². The Morgan fingerprint density at radius 1 is 1.30 bits per heavy atom. The molecule has 2 N–H and O–H groups in total. The summed E-state index contributed by atoms with van der Waals surface area (Å²) in [6, 6.07) is 3.46. The van der Waals surface area contributed by atoms with Crippen molar-refractivity contribution in [3.63, 3.8) is 0 Å². The first kappa shape index (κ1) is 15.1. The fourth-order valence-corrected chi connectivity index (χ4v) is 4.27. The predicted molar refractivity (Wildman–Crippen MR) is 80.1 cm³/mol. The molecule has 0 aliphatic heterocycles. The summed E-state index contributed by atoms with van der Waals surface area (Å²) in [5.41, 5.74) is 1.89. The fourth-order valence-electron chi connectivity index (χ4n) is 1.81. The molecule has 0 spiro atoms.